The highest BCUT2D eigenvalue weighted by Crippen LogP contribution is 2.15. The van der Waals surface area contributed by atoms with Gasteiger partial charge >= 0.3 is 0 Å². The van der Waals surface area contributed by atoms with Gasteiger partial charge in [-0.15, -0.1) is 0 Å². The molecule has 0 bridgehead atoms. The Morgan fingerprint density at radius 1 is 1.44 bits per heavy atom. The molecule has 0 aromatic carbocycles. The molecule has 1 unspecified atom stereocenters. The van der Waals surface area contributed by atoms with Crippen molar-refractivity contribution >= 4 is 23.1 Å². The van der Waals surface area contributed by atoms with Crippen LogP contribution in [0, 0.1) is 0 Å². The van der Waals surface area contributed by atoms with Gasteiger partial charge < -0.3 is 5.32 Å². The third kappa shape index (κ3) is 5.92. The molecular weight excluding hydrogens is 234 g/mol. The Hall–Kier alpha value is 0.01000. The lowest BCUT2D eigenvalue weighted by molar-refractivity contribution is 0.550. The van der Waals surface area contributed by atoms with Crippen LogP contribution >= 0.6 is 23.1 Å². The van der Waals surface area contributed by atoms with E-state index in [1.165, 1.54) is 24.2 Å². The van der Waals surface area contributed by atoms with Gasteiger partial charge in [-0.25, -0.2) is 0 Å². The predicted octanol–water partition coefficient (Wildman–Crippen LogP) is 3.80. The Balaban J connectivity index is 2.36. The first kappa shape index (κ1) is 14.1. The summed E-state index contributed by atoms with van der Waals surface area (Å²) in [5, 5.41) is 8.81. The fourth-order valence-corrected chi connectivity index (χ4v) is 3.07. The van der Waals surface area contributed by atoms with Gasteiger partial charge in [0, 0.05) is 11.8 Å². The van der Waals surface area contributed by atoms with E-state index in [1.54, 1.807) is 11.3 Å². The van der Waals surface area contributed by atoms with Crippen LogP contribution in [0.3, 0.4) is 0 Å². The zero-order valence-electron chi connectivity index (χ0n) is 10.5. The molecule has 92 valence electrons. The molecule has 1 N–H and O–H groups in total. The van der Waals surface area contributed by atoms with E-state index in [1.807, 2.05) is 0 Å². The minimum Gasteiger partial charge on any atom is -0.313 e. The molecule has 1 atom stereocenters. The van der Waals surface area contributed by atoms with Gasteiger partial charge in [-0.1, -0.05) is 20.8 Å². The summed E-state index contributed by atoms with van der Waals surface area (Å²) in [7, 11) is 0. The van der Waals surface area contributed by atoms with Gasteiger partial charge in [0.05, 0.1) is 0 Å². The standard InChI is InChI=1S/C13H23NS2/c1-4-6-14-13(10-16-11(2)3)8-12-5-7-15-9-12/h5,7,9,11,13-14H,4,6,8,10H2,1-3H3. The topological polar surface area (TPSA) is 12.0 Å². The second-order valence-electron chi connectivity index (χ2n) is 4.37. The van der Waals surface area contributed by atoms with Gasteiger partial charge in [-0.2, -0.15) is 23.1 Å². The molecule has 0 aliphatic carbocycles. The first-order valence-electron chi connectivity index (χ1n) is 6.08. The van der Waals surface area contributed by atoms with Crippen LogP contribution in [0.15, 0.2) is 16.8 Å². The van der Waals surface area contributed by atoms with E-state index in [4.69, 9.17) is 0 Å². The number of thioether (sulfide) groups is 1. The smallest absolute Gasteiger partial charge is 0.0198 e. The predicted molar refractivity (Wildman–Crippen MR) is 77.7 cm³/mol. The molecule has 0 aliphatic heterocycles. The van der Waals surface area contributed by atoms with E-state index in [-0.39, 0.29) is 0 Å². The average Bonchev–Trinajstić information content (AvgIpc) is 2.74. The normalized spacial score (nSPS) is 13.2. The molecule has 0 fully saturated rings. The maximum atomic E-state index is 3.65. The van der Waals surface area contributed by atoms with Crippen molar-refractivity contribution in [2.24, 2.45) is 0 Å². The van der Waals surface area contributed by atoms with Crippen molar-refractivity contribution < 1.29 is 0 Å². The van der Waals surface area contributed by atoms with Crippen LogP contribution < -0.4 is 5.32 Å². The van der Waals surface area contributed by atoms with Crippen LogP contribution in [-0.4, -0.2) is 23.6 Å². The molecule has 0 saturated carbocycles. The minimum atomic E-state index is 0.627. The van der Waals surface area contributed by atoms with Gasteiger partial charge in [-0.3, -0.25) is 0 Å². The van der Waals surface area contributed by atoms with Crippen LogP contribution in [0.5, 0.6) is 0 Å². The molecule has 3 heteroatoms. The van der Waals surface area contributed by atoms with Crippen LogP contribution in [0.25, 0.3) is 0 Å². The van der Waals surface area contributed by atoms with Gasteiger partial charge in [-0.05, 0) is 47.0 Å². The fraction of sp³-hybridized carbons (Fsp3) is 0.692. The largest absolute Gasteiger partial charge is 0.313 e. The zero-order chi connectivity index (χ0) is 11.8. The van der Waals surface area contributed by atoms with E-state index >= 15 is 0 Å². The van der Waals surface area contributed by atoms with E-state index in [0.29, 0.717) is 6.04 Å². The molecular formula is C13H23NS2. The SMILES string of the molecule is CCCNC(CSC(C)C)Cc1ccsc1. The van der Waals surface area contributed by atoms with Gasteiger partial charge in [0.25, 0.3) is 0 Å². The highest BCUT2D eigenvalue weighted by Gasteiger charge is 2.10. The second kappa shape index (κ2) is 8.15. The molecule has 16 heavy (non-hydrogen) atoms. The van der Waals surface area contributed by atoms with Gasteiger partial charge in [0.15, 0.2) is 0 Å². The summed E-state index contributed by atoms with van der Waals surface area (Å²) in [5.74, 6) is 1.22. The van der Waals surface area contributed by atoms with E-state index in [9.17, 15) is 0 Å². The van der Waals surface area contributed by atoms with Crippen LogP contribution in [0.4, 0.5) is 0 Å². The summed E-state index contributed by atoms with van der Waals surface area (Å²) in [6, 6.07) is 2.87. The first-order chi connectivity index (χ1) is 7.72. The summed E-state index contributed by atoms with van der Waals surface area (Å²) >= 11 is 3.85. The molecule has 1 nitrogen and oxygen atoms in total. The summed E-state index contributed by atoms with van der Waals surface area (Å²) < 4.78 is 0. The number of rotatable bonds is 8. The lowest BCUT2D eigenvalue weighted by atomic mass is 10.1. The Morgan fingerprint density at radius 3 is 2.81 bits per heavy atom. The number of hydrogen-bond acceptors (Lipinski definition) is 3. The highest BCUT2D eigenvalue weighted by molar-refractivity contribution is 7.99. The first-order valence-corrected chi connectivity index (χ1v) is 8.07. The fourth-order valence-electron chi connectivity index (χ4n) is 1.54. The third-order valence-electron chi connectivity index (χ3n) is 2.38. The Kier molecular flexibility index (Phi) is 7.17. The van der Waals surface area contributed by atoms with E-state index in [0.717, 1.165) is 11.8 Å². The lowest BCUT2D eigenvalue weighted by Gasteiger charge is -2.18. The molecule has 1 aromatic heterocycles. The summed E-state index contributed by atoms with van der Waals surface area (Å²) in [6.45, 7) is 7.90. The minimum absolute atomic E-state index is 0.627. The monoisotopic (exact) mass is 257 g/mol. The number of thiophene rings is 1. The van der Waals surface area contributed by atoms with Crippen LogP contribution in [0.2, 0.25) is 0 Å². The number of nitrogens with one attached hydrogen (secondary N) is 1. The third-order valence-corrected chi connectivity index (χ3v) is 4.37. The van der Waals surface area contributed by atoms with Crippen molar-refractivity contribution in [3.8, 4) is 0 Å². The Labute approximate surface area is 108 Å². The van der Waals surface area contributed by atoms with Gasteiger partial charge in [0.1, 0.15) is 0 Å². The summed E-state index contributed by atoms with van der Waals surface area (Å²) in [6.07, 6.45) is 2.38. The molecule has 0 aliphatic rings. The van der Waals surface area contributed by atoms with Gasteiger partial charge in [0.2, 0.25) is 0 Å². The number of hydrogen-bond donors (Lipinski definition) is 1. The second-order valence-corrected chi connectivity index (χ2v) is 6.76. The van der Waals surface area contributed by atoms with E-state index < -0.39 is 0 Å². The van der Waals surface area contributed by atoms with Crippen LogP contribution in [-0.2, 0) is 6.42 Å². The molecule has 0 radical (unpaired) electrons. The molecule has 0 spiro atoms. The highest BCUT2D eigenvalue weighted by atomic mass is 32.2. The molecule has 1 heterocycles. The van der Waals surface area contributed by atoms with Crippen molar-refractivity contribution in [3.63, 3.8) is 0 Å². The van der Waals surface area contributed by atoms with Crippen molar-refractivity contribution in [1.29, 1.82) is 0 Å². The van der Waals surface area contributed by atoms with Crippen molar-refractivity contribution in [2.45, 2.75) is 44.9 Å². The van der Waals surface area contributed by atoms with E-state index in [2.05, 4.69) is 54.7 Å². The van der Waals surface area contributed by atoms with Crippen molar-refractivity contribution in [1.82, 2.24) is 5.32 Å². The maximum Gasteiger partial charge on any atom is 0.0198 e. The molecule has 0 saturated heterocycles. The molecule has 1 aromatic rings. The quantitative estimate of drug-likeness (QED) is 0.760. The van der Waals surface area contributed by atoms with Crippen molar-refractivity contribution in [2.75, 3.05) is 12.3 Å². The summed E-state index contributed by atoms with van der Waals surface area (Å²) in [5.41, 5.74) is 1.47. The van der Waals surface area contributed by atoms with Crippen molar-refractivity contribution in [3.05, 3.63) is 22.4 Å². The summed E-state index contributed by atoms with van der Waals surface area (Å²) in [4.78, 5) is 0. The Morgan fingerprint density at radius 2 is 2.25 bits per heavy atom. The lowest BCUT2D eigenvalue weighted by Crippen LogP contribution is -2.34. The zero-order valence-corrected chi connectivity index (χ0v) is 12.2. The van der Waals surface area contributed by atoms with Crippen LogP contribution in [0.1, 0.15) is 32.8 Å². The molecule has 1 rings (SSSR count). The molecule has 0 amide bonds. The maximum absolute atomic E-state index is 3.65. The average molecular weight is 257 g/mol. The Bertz CT molecular complexity index is 257.